The number of H-pyrrole nitrogens is 1. The highest BCUT2D eigenvalue weighted by molar-refractivity contribution is 7.10. The molecule has 0 bridgehead atoms. The van der Waals surface area contributed by atoms with Gasteiger partial charge in [-0.2, -0.15) is 0 Å². The number of rotatable bonds is 10. The Kier molecular flexibility index (Phi) is 7.86. The van der Waals surface area contributed by atoms with Gasteiger partial charge in [-0.1, -0.05) is 24.3 Å². The quantitative estimate of drug-likeness (QED) is 0.284. The lowest BCUT2D eigenvalue weighted by Crippen LogP contribution is -2.41. The van der Waals surface area contributed by atoms with Crippen LogP contribution in [0.3, 0.4) is 0 Å². The molecule has 0 saturated carbocycles. The van der Waals surface area contributed by atoms with E-state index in [0.29, 0.717) is 18.5 Å². The highest BCUT2D eigenvalue weighted by atomic mass is 32.1. The Bertz CT molecular complexity index is 1110. The van der Waals surface area contributed by atoms with E-state index in [0.717, 1.165) is 25.5 Å². The summed E-state index contributed by atoms with van der Waals surface area (Å²) >= 11 is 1.90. The second kappa shape index (κ2) is 11.3. The van der Waals surface area contributed by atoms with Gasteiger partial charge in [0.2, 0.25) is 0 Å². The molecule has 2 aromatic heterocycles. The molecule has 2 fully saturated rings. The van der Waals surface area contributed by atoms with Crippen LogP contribution < -0.4 is 5.73 Å². The van der Waals surface area contributed by atoms with E-state index in [1.165, 1.54) is 67.0 Å². The highest BCUT2D eigenvalue weighted by Crippen LogP contribution is 2.41. The summed E-state index contributed by atoms with van der Waals surface area (Å²) in [5.41, 5.74) is 10.3. The summed E-state index contributed by atoms with van der Waals surface area (Å²) in [5, 5.41) is 9.94. The molecule has 5 rings (SSSR count). The van der Waals surface area contributed by atoms with Gasteiger partial charge in [-0.05, 0) is 79.4 Å². The number of nitrogens with two attached hydrogens (primary N) is 1. The maximum atomic E-state index is 7.72. The molecule has 192 valence electrons. The number of hydrogen-bond donors (Lipinski definition) is 3. The fourth-order valence-corrected chi connectivity index (χ4v) is 6.74. The molecule has 0 aliphatic carbocycles. The Morgan fingerprint density at radius 2 is 1.78 bits per heavy atom. The molecule has 36 heavy (non-hydrogen) atoms. The molecule has 7 nitrogen and oxygen atoms in total. The summed E-state index contributed by atoms with van der Waals surface area (Å²) in [4.78, 5) is 16.5. The van der Waals surface area contributed by atoms with E-state index in [2.05, 4.69) is 67.3 Å². The largest absolute Gasteiger partial charge is 0.387 e. The fourth-order valence-electron chi connectivity index (χ4n) is 5.80. The van der Waals surface area contributed by atoms with Crippen molar-refractivity contribution in [3.05, 3.63) is 75.5 Å². The molecule has 0 amide bonds. The molecule has 3 aromatic rings. The van der Waals surface area contributed by atoms with Gasteiger partial charge in [0.05, 0.1) is 13.1 Å². The lowest BCUT2D eigenvalue weighted by atomic mass is 9.78. The van der Waals surface area contributed by atoms with Crippen LogP contribution in [0, 0.1) is 17.7 Å². The van der Waals surface area contributed by atoms with Crippen LogP contribution >= 0.6 is 11.3 Å². The summed E-state index contributed by atoms with van der Waals surface area (Å²) in [6, 6.07) is 11.2. The van der Waals surface area contributed by atoms with Gasteiger partial charge in [-0.3, -0.25) is 20.1 Å². The second-order valence-electron chi connectivity index (χ2n) is 10.8. The fraction of sp³-hybridized carbons (Fsp3) is 0.500. The minimum absolute atomic E-state index is 0.175. The van der Waals surface area contributed by atoms with Gasteiger partial charge in [0, 0.05) is 43.4 Å². The molecule has 2 aliphatic heterocycles. The summed E-state index contributed by atoms with van der Waals surface area (Å²) in [6.45, 7) is 11.1. The van der Waals surface area contributed by atoms with Crippen LogP contribution in [-0.2, 0) is 26.2 Å². The molecule has 4 N–H and O–H groups in total. The Morgan fingerprint density at radius 1 is 1.06 bits per heavy atom. The Balaban J connectivity index is 1.10. The summed E-state index contributed by atoms with van der Waals surface area (Å²) in [6.07, 6.45) is 7.58. The zero-order chi connectivity index (χ0) is 25.0. The monoisotopic (exact) mass is 505 g/mol. The first kappa shape index (κ1) is 25.1. The van der Waals surface area contributed by atoms with Crippen LogP contribution in [0.15, 0.2) is 48.1 Å². The maximum absolute atomic E-state index is 7.72. The molecular formula is C28H39N7S. The van der Waals surface area contributed by atoms with E-state index >= 15 is 0 Å². The lowest BCUT2D eigenvalue weighted by Gasteiger charge is -2.39. The molecule has 2 saturated heterocycles. The molecular weight excluding hydrogens is 466 g/mol. The van der Waals surface area contributed by atoms with Crippen molar-refractivity contribution in [3.8, 4) is 0 Å². The Hall–Kier alpha value is -2.52. The van der Waals surface area contributed by atoms with Crippen LogP contribution in [0.25, 0.3) is 0 Å². The van der Waals surface area contributed by atoms with Crippen molar-refractivity contribution in [2.45, 2.75) is 52.4 Å². The van der Waals surface area contributed by atoms with Gasteiger partial charge in [-0.15, -0.1) is 11.3 Å². The van der Waals surface area contributed by atoms with Crippen molar-refractivity contribution >= 4 is 17.2 Å². The highest BCUT2D eigenvalue weighted by Gasteiger charge is 2.40. The van der Waals surface area contributed by atoms with Gasteiger partial charge in [-0.25, -0.2) is 4.98 Å². The van der Waals surface area contributed by atoms with Crippen LogP contribution in [0.2, 0.25) is 0 Å². The third kappa shape index (κ3) is 6.42. The number of piperidine rings is 1. The molecule has 0 unspecified atom stereocenters. The zero-order valence-electron chi connectivity index (χ0n) is 21.4. The van der Waals surface area contributed by atoms with Crippen LogP contribution in [0.4, 0.5) is 0 Å². The molecule has 2 aliphatic rings. The summed E-state index contributed by atoms with van der Waals surface area (Å²) in [5.74, 6) is 1.07. The third-order valence-electron chi connectivity index (χ3n) is 7.93. The SMILES string of the molecule is Cc1ccsc1CN1CCC2(CC1)CCN(Cc1ccc(CN(CC(=N)N)Cc3ncc[nH]3)cc1)C2. The number of nitrogens with one attached hydrogen (secondary N) is 2. The van der Waals surface area contributed by atoms with Crippen molar-refractivity contribution in [2.24, 2.45) is 11.1 Å². The van der Waals surface area contributed by atoms with Gasteiger partial charge >= 0.3 is 0 Å². The normalized spacial score (nSPS) is 18.4. The Morgan fingerprint density at radius 3 is 2.42 bits per heavy atom. The second-order valence-corrected chi connectivity index (χ2v) is 11.8. The maximum Gasteiger partial charge on any atom is 0.120 e. The van der Waals surface area contributed by atoms with Gasteiger partial charge in [0.25, 0.3) is 0 Å². The summed E-state index contributed by atoms with van der Waals surface area (Å²) in [7, 11) is 0. The number of imidazole rings is 1. The van der Waals surface area contributed by atoms with Gasteiger partial charge in [0.1, 0.15) is 11.7 Å². The number of benzene rings is 1. The zero-order valence-corrected chi connectivity index (χ0v) is 22.2. The number of likely N-dealkylation sites (tertiary alicyclic amines) is 2. The number of amidine groups is 1. The van der Waals surface area contributed by atoms with E-state index < -0.39 is 0 Å². The van der Waals surface area contributed by atoms with E-state index in [-0.39, 0.29) is 5.84 Å². The van der Waals surface area contributed by atoms with Crippen LogP contribution in [-0.4, -0.2) is 63.2 Å². The van der Waals surface area contributed by atoms with Crippen molar-refractivity contribution in [2.75, 3.05) is 32.7 Å². The van der Waals surface area contributed by atoms with Crippen molar-refractivity contribution < 1.29 is 0 Å². The smallest absolute Gasteiger partial charge is 0.120 e. The average Bonchev–Trinajstić information content (AvgIpc) is 3.60. The van der Waals surface area contributed by atoms with Crippen molar-refractivity contribution in [3.63, 3.8) is 0 Å². The number of hydrogen-bond acceptors (Lipinski definition) is 6. The van der Waals surface area contributed by atoms with Crippen LogP contribution in [0.1, 0.15) is 46.7 Å². The van der Waals surface area contributed by atoms with E-state index in [1.54, 1.807) is 6.20 Å². The molecule has 1 spiro atoms. The third-order valence-corrected chi connectivity index (χ3v) is 8.93. The summed E-state index contributed by atoms with van der Waals surface area (Å²) < 4.78 is 0. The minimum atomic E-state index is 0.175. The van der Waals surface area contributed by atoms with E-state index in [1.807, 2.05) is 17.5 Å². The molecule has 1 aromatic carbocycles. The van der Waals surface area contributed by atoms with E-state index in [9.17, 15) is 0 Å². The molecule has 4 heterocycles. The predicted molar refractivity (Wildman–Crippen MR) is 147 cm³/mol. The number of thiophene rings is 1. The van der Waals surface area contributed by atoms with Gasteiger partial charge in [0.15, 0.2) is 0 Å². The standard InChI is InChI=1S/C28H39N7S/c1-22-6-15-36-25(22)18-33-12-7-28(8-13-33)9-14-34(21-28)16-23-2-4-24(5-3-23)17-35(19-26(29)30)20-27-31-10-11-32-27/h2-6,10-11,15H,7-9,12-14,16-21H2,1H3,(H3,29,30)(H,31,32). The predicted octanol–water partition coefficient (Wildman–Crippen LogP) is 4.21. The number of aromatic nitrogens is 2. The molecule has 0 atom stereocenters. The van der Waals surface area contributed by atoms with Crippen molar-refractivity contribution in [1.82, 2.24) is 24.7 Å². The Labute approximate surface area is 218 Å². The number of aromatic amines is 1. The first-order chi connectivity index (χ1) is 17.5. The average molecular weight is 506 g/mol. The first-order valence-corrected chi connectivity index (χ1v) is 13.9. The first-order valence-electron chi connectivity index (χ1n) is 13.1. The lowest BCUT2D eigenvalue weighted by molar-refractivity contribution is 0.102. The minimum Gasteiger partial charge on any atom is -0.387 e. The van der Waals surface area contributed by atoms with Crippen molar-refractivity contribution in [1.29, 1.82) is 5.41 Å². The number of aryl methyl sites for hydroxylation is 1. The van der Waals surface area contributed by atoms with Crippen LogP contribution in [0.5, 0.6) is 0 Å². The topological polar surface area (TPSA) is 88.3 Å². The molecule has 8 heteroatoms. The molecule has 0 radical (unpaired) electrons. The number of nitrogens with zero attached hydrogens (tertiary/aromatic N) is 4. The van der Waals surface area contributed by atoms with Gasteiger partial charge < -0.3 is 10.7 Å². The van der Waals surface area contributed by atoms with E-state index in [4.69, 9.17) is 11.1 Å².